The second kappa shape index (κ2) is 12.4. The number of nitrogens with one attached hydrogen (secondary N) is 2. The molecular weight excluding hydrogens is 292 g/mol. The third kappa shape index (κ3) is 11.5. The Morgan fingerprint density at radius 2 is 1.73 bits per heavy atom. The zero-order valence-electron chi connectivity index (χ0n) is 13.0. The number of carbonyl (C=O) groups excluding carboxylic acids is 3. The van der Waals surface area contributed by atoms with Crippen molar-refractivity contribution in [1.29, 1.82) is 0 Å². The van der Waals surface area contributed by atoms with Gasteiger partial charge in [-0.1, -0.05) is 6.42 Å². The highest BCUT2D eigenvalue weighted by molar-refractivity contribution is 5.98. The Balaban J connectivity index is 4.25. The summed E-state index contributed by atoms with van der Waals surface area (Å²) in [5.41, 5.74) is 5.04. The molecule has 0 heterocycles. The fourth-order valence-electron chi connectivity index (χ4n) is 1.43. The van der Waals surface area contributed by atoms with Crippen molar-refractivity contribution in [2.45, 2.75) is 39.5 Å². The Hall–Kier alpha value is -2.32. The van der Waals surface area contributed by atoms with E-state index in [4.69, 9.17) is 10.5 Å². The first-order valence-corrected chi connectivity index (χ1v) is 7.21. The van der Waals surface area contributed by atoms with Gasteiger partial charge in [0.05, 0.1) is 13.2 Å². The van der Waals surface area contributed by atoms with Crippen molar-refractivity contribution < 1.29 is 23.9 Å². The zero-order chi connectivity index (χ0) is 16.8. The van der Waals surface area contributed by atoms with Crippen LogP contribution in [0.1, 0.15) is 39.5 Å². The summed E-state index contributed by atoms with van der Waals surface area (Å²) in [7, 11) is 0. The molecule has 0 saturated heterocycles. The van der Waals surface area contributed by atoms with Gasteiger partial charge in [-0.15, -0.1) is 4.99 Å². The lowest BCUT2D eigenvalue weighted by Crippen LogP contribution is -2.42. The molecule has 0 aliphatic heterocycles. The summed E-state index contributed by atoms with van der Waals surface area (Å²) >= 11 is 0. The largest absolute Gasteiger partial charge is 0.450 e. The van der Waals surface area contributed by atoms with E-state index in [2.05, 4.69) is 20.4 Å². The molecule has 9 nitrogen and oxygen atoms in total. The molecule has 0 aliphatic carbocycles. The first-order chi connectivity index (χ1) is 10.5. The van der Waals surface area contributed by atoms with E-state index < -0.39 is 12.2 Å². The van der Waals surface area contributed by atoms with Crippen LogP contribution in [-0.4, -0.2) is 43.8 Å². The van der Waals surface area contributed by atoms with E-state index in [1.54, 1.807) is 13.8 Å². The van der Waals surface area contributed by atoms with Gasteiger partial charge in [-0.2, -0.15) is 0 Å². The van der Waals surface area contributed by atoms with Crippen LogP contribution in [0.15, 0.2) is 4.99 Å². The molecule has 0 aromatic carbocycles. The van der Waals surface area contributed by atoms with Crippen LogP contribution >= 0.6 is 0 Å². The maximum atomic E-state index is 11.3. The van der Waals surface area contributed by atoms with Crippen molar-refractivity contribution >= 4 is 24.1 Å². The average Bonchev–Trinajstić information content (AvgIpc) is 2.42. The predicted molar refractivity (Wildman–Crippen MR) is 80.3 cm³/mol. The minimum absolute atomic E-state index is 0.0354. The summed E-state index contributed by atoms with van der Waals surface area (Å²) in [6.45, 7) is 4.16. The SMILES string of the molecule is CCOC(=O)/N=C(\NCCCCCC(N)=O)NC(=O)OCC. The van der Waals surface area contributed by atoms with Gasteiger partial charge in [-0.3, -0.25) is 10.1 Å². The molecule has 0 bridgehead atoms. The van der Waals surface area contributed by atoms with Crippen molar-refractivity contribution in [2.24, 2.45) is 10.7 Å². The van der Waals surface area contributed by atoms with Gasteiger partial charge in [0, 0.05) is 13.0 Å². The van der Waals surface area contributed by atoms with Gasteiger partial charge >= 0.3 is 12.2 Å². The second-order valence-electron chi connectivity index (χ2n) is 4.21. The number of rotatable bonds is 8. The minimum atomic E-state index is -0.810. The van der Waals surface area contributed by atoms with E-state index in [0.717, 1.165) is 12.8 Å². The number of carbonyl (C=O) groups is 3. The number of hydrogen-bond acceptors (Lipinski definition) is 5. The highest BCUT2D eigenvalue weighted by atomic mass is 16.6. The molecule has 0 atom stereocenters. The molecule has 0 saturated carbocycles. The second-order valence-corrected chi connectivity index (χ2v) is 4.21. The first-order valence-electron chi connectivity index (χ1n) is 7.21. The van der Waals surface area contributed by atoms with Crippen LogP contribution in [0, 0.1) is 0 Å². The molecule has 0 rings (SSSR count). The normalized spacial score (nSPS) is 10.7. The highest BCUT2D eigenvalue weighted by Gasteiger charge is 2.09. The lowest BCUT2D eigenvalue weighted by atomic mass is 10.2. The number of aliphatic imine (C=N–C) groups is 1. The van der Waals surface area contributed by atoms with E-state index >= 15 is 0 Å². The lowest BCUT2D eigenvalue weighted by Gasteiger charge is -2.10. The Morgan fingerprint density at radius 3 is 2.32 bits per heavy atom. The Bertz CT molecular complexity index is 398. The molecule has 4 N–H and O–H groups in total. The molecule has 9 heteroatoms. The molecule has 0 unspecified atom stereocenters. The van der Waals surface area contributed by atoms with E-state index in [9.17, 15) is 14.4 Å². The number of nitrogens with two attached hydrogens (primary N) is 1. The summed E-state index contributed by atoms with van der Waals surface area (Å²) in [6.07, 6.45) is 1.00. The number of nitrogens with zero attached hydrogens (tertiary/aromatic N) is 1. The first kappa shape index (κ1) is 19.7. The van der Waals surface area contributed by atoms with Gasteiger partial charge in [-0.25, -0.2) is 9.59 Å². The standard InChI is InChI=1S/C13H24N4O5/c1-3-21-12(19)16-11(17-13(20)22-4-2)15-9-7-5-6-8-10(14)18/h3-9H2,1-2H3,(H2,14,18)(H2,15,16,17,19,20). The van der Waals surface area contributed by atoms with Gasteiger partial charge in [0.25, 0.3) is 0 Å². The fraction of sp³-hybridized carbons (Fsp3) is 0.692. The molecule has 22 heavy (non-hydrogen) atoms. The third-order valence-corrected chi connectivity index (χ3v) is 2.36. The Labute approximate surface area is 129 Å². The number of amides is 3. The highest BCUT2D eigenvalue weighted by Crippen LogP contribution is 1.97. The average molecular weight is 316 g/mol. The van der Waals surface area contributed by atoms with E-state index in [-0.39, 0.29) is 25.1 Å². The molecule has 3 amide bonds. The van der Waals surface area contributed by atoms with Gasteiger partial charge in [-0.05, 0) is 26.7 Å². The van der Waals surface area contributed by atoms with E-state index in [1.807, 2.05) is 0 Å². The minimum Gasteiger partial charge on any atom is -0.450 e. The van der Waals surface area contributed by atoms with Gasteiger partial charge < -0.3 is 20.5 Å². The molecule has 0 aromatic heterocycles. The summed E-state index contributed by atoms with van der Waals surface area (Å²) < 4.78 is 9.39. The zero-order valence-corrected chi connectivity index (χ0v) is 13.0. The van der Waals surface area contributed by atoms with Crippen LogP contribution in [0.4, 0.5) is 9.59 Å². The van der Waals surface area contributed by atoms with Crippen LogP contribution in [0.2, 0.25) is 0 Å². The van der Waals surface area contributed by atoms with Gasteiger partial charge in [0.2, 0.25) is 11.9 Å². The van der Waals surface area contributed by atoms with Crippen LogP contribution in [0.3, 0.4) is 0 Å². The molecule has 0 aromatic rings. The smallest absolute Gasteiger partial charge is 0.436 e. The van der Waals surface area contributed by atoms with E-state index in [0.29, 0.717) is 19.4 Å². The summed E-state index contributed by atoms with van der Waals surface area (Å²) in [6, 6.07) is 0. The van der Waals surface area contributed by atoms with Crippen LogP contribution in [0.5, 0.6) is 0 Å². The van der Waals surface area contributed by atoms with Crippen LogP contribution in [-0.2, 0) is 14.3 Å². The molecule has 0 spiro atoms. The van der Waals surface area contributed by atoms with Crippen molar-refractivity contribution in [3.63, 3.8) is 0 Å². The lowest BCUT2D eigenvalue weighted by molar-refractivity contribution is -0.118. The topological polar surface area (TPSA) is 132 Å². The van der Waals surface area contributed by atoms with Gasteiger partial charge in [0.15, 0.2) is 0 Å². The predicted octanol–water partition coefficient (Wildman–Crippen LogP) is 0.880. The molecule has 0 radical (unpaired) electrons. The van der Waals surface area contributed by atoms with Crippen molar-refractivity contribution in [3.8, 4) is 0 Å². The van der Waals surface area contributed by atoms with Crippen molar-refractivity contribution in [2.75, 3.05) is 19.8 Å². The monoisotopic (exact) mass is 316 g/mol. The van der Waals surface area contributed by atoms with Gasteiger partial charge in [0.1, 0.15) is 0 Å². The van der Waals surface area contributed by atoms with Crippen molar-refractivity contribution in [3.05, 3.63) is 0 Å². The molecule has 126 valence electrons. The van der Waals surface area contributed by atoms with Crippen LogP contribution < -0.4 is 16.4 Å². The fourth-order valence-corrected chi connectivity index (χ4v) is 1.43. The Morgan fingerprint density at radius 1 is 1.05 bits per heavy atom. The maximum Gasteiger partial charge on any atom is 0.436 e. The number of unbranched alkanes of at least 4 members (excludes halogenated alkanes) is 2. The number of alkyl carbamates (subject to hydrolysis) is 1. The molecule has 0 fully saturated rings. The van der Waals surface area contributed by atoms with Crippen LogP contribution in [0.25, 0.3) is 0 Å². The summed E-state index contributed by atoms with van der Waals surface area (Å²) in [5.74, 6) is -0.367. The van der Waals surface area contributed by atoms with Crippen molar-refractivity contribution in [1.82, 2.24) is 10.6 Å². The quantitative estimate of drug-likeness (QED) is 0.346. The maximum absolute atomic E-state index is 11.3. The third-order valence-electron chi connectivity index (χ3n) is 2.36. The molecule has 0 aliphatic rings. The number of hydrogen-bond donors (Lipinski definition) is 3. The van der Waals surface area contributed by atoms with E-state index in [1.165, 1.54) is 0 Å². The summed E-state index contributed by atoms with van der Waals surface area (Å²) in [5, 5.41) is 5.13. The molecular formula is C13H24N4O5. The Kier molecular flexibility index (Phi) is 11.1. The number of guanidine groups is 1. The number of primary amides is 1. The summed E-state index contributed by atoms with van der Waals surface area (Å²) in [4.78, 5) is 36.8. The number of ether oxygens (including phenoxy) is 2.